The van der Waals surface area contributed by atoms with Crippen molar-refractivity contribution in [3.63, 3.8) is 0 Å². The first-order chi connectivity index (χ1) is 10.9. The average Bonchev–Trinajstić information content (AvgIpc) is 2.65. The van der Waals surface area contributed by atoms with Crippen LogP contribution in [0.4, 0.5) is 0 Å². The van der Waals surface area contributed by atoms with E-state index in [0.29, 0.717) is 6.42 Å². The van der Waals surface area contributed by atoms with Crippen molar-refractivity contribution in [3.8, 4) is 0 Å². The van der Waals surface area contributed by atoms with E-state index in [0.717, 1.165) is 25.7 Å². The molecule has 0 aromatic heterocycles. The summed E-state index contributed by atoms with van der Waals surface area (Å²) >= 11 is 0. The molecule has 0 amide bonds. The fourth-order valence-electron chi connectivity index (χ4n) is 2.49. The predicted molar refractivity (Wildman–Crippen MR) is 76.0 cm³/mol. The molecular weight excluding hydrogens is 332 g/mol. The van der Waals surface area contributed by atoms with Crippen LogP contribution in [0.5, 0.6) is 0 Å². The second kappa shape index (κ2) is 7.70. The lowest BCUT2D eigenvalue weighted by molar-refractivity contribution is -0.569. The summed E-state index contributed by atoms with van der Waals surface area (Å²) in [5.74, 6) is -4.39. The quantitative estimate of drug-likeness (QED) is 0.534. The van der Waals surface area contributed by atoms with E-state index in [9.17, 15) is 13.5 Å². The van der Waals surface area contributed by atoms with Gasteiger partial charge in [-0.1, -0.05) is 32.6 Å². The largest absolute Gasteiger partial charge is 0.407 e. The summed E-state index contributed by atoms with van der Waals surface area (Å²) in [6.45, 7) is 1.98. The van der Waals surface area contributed by atoms with Gasteiger partial charge in [0, 0.05) is 6.42 Å². The van der Waals surface area contributed by atoms with Crippen LogP contribution in [0.1, 0.15) is 45.4 Å². The SMILES string of the molecule is CCCCCCCC1(O)OS(=O)(=O)OC12OC(COCCO)O2. The van der Waals surface area contributed by atoms with Crippen LogP contribution in [0.3, 0.4) is 0 Å². The molecule has 1 unspecified atom stereocenters. The first-order valence-corrected chi connectivity index (χ1v) is 9.12. The Balaban J connectivity index is 1.89. The topological polar surface area (TPSA) is 121 Å². The normalized spacial score (nSPS) is 35.5. The highest BCUT2D eigenvalue weighted by Gasteiger charge is 2.73. The minimum atomic E-state index is -4.40. The maximum Gasteiger partial charge on any atom is 0.407 e. The molecule has 2 aliphatic rings. The number of aliphatic hydroxyl groups is 2. The fourth-order valence-corrected chi connectivity index (χ4v) is 3.52. The summed E-state index contributed by atoms with van der Waals surface area (Å²) < 4.78 is 47.9. The molecule has 2 aliphatic heterocycles. The molecule has 23 heavy (non-hydrogen) atoms. The van der Waals surface area contributed by atoms with Gasteiger partial charge in [0.25, 0.3) is 5.79 Å². The van der Waals surface area contributed by atoms with Crippen LogP contribution in [0.25, 0.3) is 0 Å². The van der Waals surface area contributed by atoms with Crippen LogP contribution in [0, 0.1) is 0 Å². The molecule has 0 aliphatic carbocycles. The van der Waals surface area contributed by atoms with Gasteiger partial charge < -0.3 is 14.9 Å². The molecule has 0 radical (unpaired) electrons. The number of hydrogen-bond acceptors (Lipinski definition) is 9. The molecule has 136 valence electrons. The summed E-state index contributed by atoms with van der Waals surface area (Å²) in [5, 5.41) is 19.1. The molecule has 0 aromatic rings. The van der Waals surface area contributed by atoms with Gasteiger partial charge in [-0.25, -0.2) is 4.18 Å². The lowest BCUT2D eigenvalue weighted by atomic mass is 10.0. The average molecular weight is 356 g/mol. The fraction of sp³-hybridized carbons (Fsp3) is 1.00. The minimum absolute atomic E-state index is 0.000160. The first-order valence-electron chi connectivity index (χ1n) is 7.79. The van der Waals surface area contributed by atoms with E-state index in [4.69, 9.17) is 19.3 Å². The van der Waals surface area contributed by atoms with Gasteiger partial charge in [-0.05, 0) is 6.42 Å². The van der Waals surface area contributed by atoms with E-state index in [1.165, 1.54) is 0 Å². The molecule has 2 heterocycles. The van der Waals surface area contributed by atoms with Crippen LogP contribution in [-0.2, 0) is 33.0 Å². The Morgan fingerprint density at radius 3 is 2.48 bits per heavy atom. The van der Waals surface area contributed by atoms with Gasteiger partial charge in [0.2, 0.25) is 0 Å². The van der Waals surface area contributed by atoms with Crippen molar-refractivity contribution in [2.75, 3.05) is 19.8 Å². The predicted octanol–water partition coefficient (Wildman–Crippen LogP) is 0.363. The van der Waals surface area contributed by atoms with Gasteiger partial charge in [0.1, 0.15) is 0 Å². The molecule has 0 saturated carbocycles. The molecule has 1 spiro atoms. The molecule has 2 N–H and O–H groups in total. The van der Waals surface area contributed by atoms with Crippen LogP contribution < -0.4 is 0 Å². The lowest BCUT2D eigenvalue weighted by Gasteiger charge is -2.46. The van der Waals surface area contributed by atoms with Gasteiger partial charge >= 0.3 is 16.4 Å². The monoisotopic (exact) mass is 356 g/mol. The number of unbranched alkanes of at least 4 members (excludes halogenated alkanes) is 4. The zero-order chi connectivity index (χ0) is 17.0. The van der Waals surface area contributed by atoms with Gasteiger partial charge in [-0.15, -0.1) is 0 Å². The molecule has 2 fully saturated rings. The van der Waals surface area contributed by atoms with Crippen LogP contribution >= 0.6 is 0 Å². The maximum atomic E-state index is 11.5. The molecule has 2 saturated heterocycles. The van der Waals surface area contributed by atoms with E-state index in [1.54, 1.807) is 0 Å². The van der Waals surface area contributed by atoms with Gasteiger partial charge in [0.05, 0.1) is 19.8 Å². The summed E-state index contributed by atoms with van der Waals surface area (Å²) in [6.07, 6.45) is 3.58. The molecule has 9 nitrogen and oxygen atoms in total. The second-order valence-corrected chi connectivity index (χ2v) is 6.69. The summed E-state index contributed by atoms with van der Waals surface area (Å²) in [6, 6.07) is 0. The van der Waals surface area contributed by atoms with E-state index < -0.39 is 28.4 Å². The Labute approximate surface area is 135 Å². The zero-order valence-electron chi connectivity index (χ0n) is 13.1. The Morgan fingerprint density at radius 1 is 1.13 bits per heavy atom. The molecule has 2 rings (SSSR count). The van der Waals surface area contributed by atoms with Gasteiger partial charge in [0.15, 0.2) is 6.29 Å². The molecular formula is C13H24O9S. The minimum Gasteiger partial charge on any atom is -0.394 e. The number of aliphatic hydroxyl groups excluding tert-OH is 1. The van der Waals surface area contributed by atoms with E-state index in [-0.39, 0.29) is 26.2 Å². The molecule has 0 bridgehead atoms. The highest BCUT2D eigenvalue weighted by Crippen LogP contribution is 2.49. The third-order valence-electron chi connectivity index (χ3n) is 3.61. The Kier molecular flexibility index (Phi) is 6.36. The Morgan fingerprint density at radius 2 is 1.83 bits per heavy atom. The van der Waals surface area contributed by atoms with Crippen molar-refractivity contribution in [2.45, 2.75) is 63.5 Å². The van der Waals surface area contributed by atoms with Crippen LogP contribution in [0.15, 0.2) is 0 Å². The number of rotatable bonds is 10. The van der Waals surface area contributed by atoms with Crippen molar-refractivity contribution in [1.82, 2.24) is 0 Å². The highest BCUT2D eigenvalue weighted by molar-refractivity contribution is 7.82. The highest BCUT2D eigenvalue weighted by atomic mass is 32.3. The van der Waals surface area contributed by atoms with Crippen molar-refractivity contribution >= 4 is 10.4 Å². The standard InChI is InChI=1S/C13H24O9S/c1-2-3-4-5-6-7-12(15)13(22-23(16,17)21-12)19-11(20-13)10-18-9-8-14/h11,14-15H,2-10H2,1H3. The smallest absolute Gasteiger partial charge is 0.394 e. The van der Waals surface area contributed by atoms with Crippen molar-refractivity contribution in [1.29, 1.82) is 0 Å². The number of hydrogen-bond donors (Lipinski definition) is 2. The van der Waals surface area contributed by atoms with Crippen molar-refractivity contribution < 1.29 is 41.2 Å². The van der Waals surface area contributed by atoms with Crippen LogP contribution in [0.2, 0.25) is 0 Å². The maximum absolute atomic E-state index is 11.5. The molecule has 1 atom stereocenters. The van der Waals surface area contributed by atoms with Crippen molar-refractivity contribution in [2.24, 2.45) is 0 Å². The Bertz CT molecular complexity index is 456. The second-order valence-electron chi connectivity index (χ2n) is 5.54. The van der Waals surface area contributed by atoms with Crippen molar-refractivity contribution in [3.05, 3.63) is 0 Å². The van der Waals surface area contributed by atoms with Crippen LogP contribution in [-0.4, -0.2) is 56.5 Å². The van der Waals surface area contributed by atoms with Gasteiger partial charge in [-0.3, -0.25) is 9.47 Å². The summed E-state index contributed by atoms with van der Waals surface area (Å²) in [5.41, 5.74) is 0. The molecule has 10 heteroatoms. The first kappa shape index (κ1) is 19.0. The summed E-state index contributed by atoms with van der Waals surface area (Å²) in [4.78, 5) is 0. The number of ether oxygens (including phenoxy) is 3. The van der Waals surface area contributed by atoms with E-state index in [1.807, 2.05) is 0 Å². The summed E-state index contributed by atoms with van der Waals surface area (Å²) in [7, 11) is -4.40. The zero-order valence-corrected chi connectivity index (χ0v) is 13.9. The van der Waals surface area contributed by atoms with Gasteiger partial charge in [-0.2, -0.15) is 12.6 Å². The third-order valence-corrected chi connectivity index (χ3v) is 4.52. The van der Waals surface area contributed by atoms with E-state index >= 15 is 0 Å². The lowest BCUT2D eigenvalue weighted by Crippen LogP contribution is -2.67. The molecule has 0 aromatic carbocycles. The third kappa shape index (κ3) is 4.40. The van der Waals surface area contributed by atoms with E-state index in [2.05, 4.69) is 15.3 Å². The Hall–Kier alpha value is -0.330.